The number of esters is 1. The molecule has 0 aromatic heterocycles. The summed E-state index contributed by atoms with van der Waals surface area (Å²) >= 11 is 0. The molecule has 1 fully saturated rings. The predicted molar refractivity (Wildman–Crippen MR) is 94.2 cm³/mol. The van der Waals surface area contributed by atoms with Crippen LogP contribution >= 0.6 is 0 Å². The molecule has 1 N–H and O–H groups in total. The highest BCUT2D eigenvalue weighted by Gasteiger charge is 2.31. The van der Waals surface area contributed by atoms with E-state index in [1.54, 1.807) is 13.2 Å². The molecule has 0 saturated carbocycles. The lowest BCUT2D eigenvalue weighted by atomic mass is 9.94. The molecule has 0 bridgehead atoms. The summed E-state index contributed by atoms with van der Waals surface area (Å²) in [6, 6.07) is 0. The zero-order valence-electron chi connectivity index (χ0n) is 15.2. The number of methoxy groups -OCH3 is 1. The first-order valence-corrected chi connectivity index (χ1v) is 9.37. The molecule has 1 saturated heterocycles. The number of nitrogens with one attached hydrogen (secondary N) is 1. The van der Waals surface area contributed by atoms with E-state index in [-0.39, 0.29) is 12.1 Å². The number of ether oxygens (including phenoxy) is 2. The Bertz CT molecular complexity index is 355. The minimum Gasteiger partial charge on any atom is -0.463 e. The molecule has 0 aromatic rings. The predicted octanol–water partition coefficient (Wildman–Crippen LogP) is 4.20. The largest absolute Gasteiger partial charge is 0.463 e. The average Bonchev–Trinajstić information content (AvgIpc) is 2.92. The third kappa shape index (κ3) is 7.87. The van der Waals surface area contributed by atoms with E-state index >= 15 is 0 Å². The lowest BCUT2D eigenvalue weighted by Gasteiger charge is -2.17. The number of carbonyl (C=O) groups excluding carboxylic acids is 1. The second kappa shape index (κ2) is 12.4. The van der Waals surface area contributed by atoms with Crippen molar-refractivity contribution in [1.82, 2.24) is 5.32 Å². The Morgan fingerprint density at radius 3 is 2.39 bits per heavy atom. The zero-order chi connectivity index (χ0) is 16.9. The Balaban J connectivity index is 2.31. The van der Waals surface area contributed by atoms with E-state index in [4.69, 9.17) is 9.47 Å². The summed E-state index contributed by atoms with van der Waals surface area (Å²) in [5.41, 5.74) is 0.984. The van der Waals surface area contributed by atoms with Crippen LogP contribution in [0.4, 0.5) is 0 Å². The molecule has 134 valence electrons. The van der Waals surface area contributed by atoms with Gasteiger partial charge in [0.15, 0.2) is 0 Å². The molecule has 0 spiro atoms. The van der Waals surface area contributed by atoms with Crippen LogP contribution in [0.15, 0.2) is 11.8 Å². The van der Waals surface area contributed by atoms with E-state index in [0.717, 1.165) is 18.7 Å². The fourth-order valence-corrected chi connectivity index (χ4v) is 3.25. The van der Waals surface area contributed by atoms with Crippen LogP contribution < -0.4 is 5.32 Å². The Hall–Kier alpha value is -1.03. The van der Waals surface area contributed by atoms with Crippen molar-refractivity contribution >= 4 is 5.97 Å². The van der Waals surface area contributed by atoms with Crippen LogP contribution in [0.25, 0.3) is 0 Å². The highest BCUT2D eigenvalue weighted by molar-refractivity contribution is 5.82. The molecule has 1 rings (SSSR count). The van der Waals surface area contributed by atoms with Crippen molar-refractivity contribution < 1.29 is 14.3 Å². The summed E-state index contributed by atoms with van der Waals surface area (Å²) in [5.74, 6) is 0.0391. The summed E-state index contributed by atoms with van der Waals surface area (Å²) in [7, 11) is 1.75. The van der Waals surface area contributed by atoms with Crippen molar-refractivity contribution in [1.29, 1.82) is 0 Å². The summed E-state index contributed by atoms with van der Waals surface area (Å²) in [4.78, 5) is 11.7. The topological polar surface area (TPSA) is 47.6 Å². The van der Waals surface area contributed by atoms with E-state index in [9.17, 15) is 4.79 Å². The van der Waals surface area contributed by atoms with Gasteiger partial charge in [0.05, 0.1) is 12.7 Å². The van der Waals surface area contributed by atoms with Crippen LogP contribution in [0.1, 0.15) is 71.6 Å². The van der Waals surface area contributed by atoms with E-state index < -0.39 is 0 Å². The number of unbranched alkanes of at least 4 members (excludes halogenated alkanes) is 7. The Kier molecular flexibility index (Phi) is 10.8. The van der Waals surface area contributed by atoms with Gasteiger partial charge < -0.3 is 14.8 Å². The highest BCUT2D eigenvalue weighted by atomic mass is 16.5. The van der Waals surface area contributed by atoms with E-state index in [0.29, 0.717) is 12.5 Å². The first-order chi connectivity index (χ1) is 11.2. The number of carbonyl (C=O) groups is 1. The number of rotatable bonds is 12. The summed E-state index contributed by atoms with van der Waals surface area (Å²) in [6.07, 6.45) is 13.4. The maximum Gasteiger partial charge on any atom is 0.332 e. The van der Waals surface area contributed by atoms with Crippen molar-refractivity contribution in [2.24, 2.45) is 5.92 Å². The van der Waals surface area contributed by atoms with Gasteiger partial charge in [-0.15, -0.1) is 0 Å². The molecule has 2 atom stereocenters. The van der Waals surface area contributed by atoms with Gasteiger partial charge in [-0.1, -0.05) is 58.3 Å². The smallest absolute Gasteiger partial charge is 0.332 e. The Morgan fingerprint density at radius 2 is 1.78 bits per heavy atom. The third-order valence-electron chi connectivity index (χ3n) is 4.59. The Morgan fingerprint density at radius 1 is 1.13 bits per heavy atom. The number of hydrogen-bond acceptors (Lipinski definition) is 4. The second-order valence-electron chi connectivity index (χ2n) is 6.38. The SMILES string of the molecule is CCCCCCCCCC[C@@H]1/C(=C/C(=O)OCC)NC[C@H]1OC. The molecule has 0 aliphatic carbocycles. The van der Waals surface area contributed by atoms with Crippen LogP contribution in [-0.4, -0.2) is 32.3 Å². The summed E-state index contributed by atoms with van der Waals surface area (Å²) in [5, 5.41) is 3.31. The van der Waals surface area contributed by atoms with Crippen molar-refractivity contribution in [3.63, 3.8) is 0 Å². The van der Waals surface area contributed by atoms with Gasteiger partial charge in [0.1, 0.15) is 0 Å². The van der Waals surface area contributed by atoms with Crippen LogP contribution in [-0.2, 0) is 14.3 Å². The molecule has 1 aliphatic heterocycles. The van der Waals surface area contributed by atoms with Crippen LogP contribution in [0.5, 0.6) is 0 Å². The highest BCUT2D eigenvalue weighted by Crippen LogP contribution is 2.28. The molecule has 0 unspecified atom stereocenters. The van der Waals surface area contributed by atoms with E-state index in [2.05, 4.69) is 12.2 Å². The molecule has 4 heteroatoms. The molecule has 0 radical (unpaired) electrons. The summed E-state index contributed by atoms with van der Waals surface area (Å²) < 4.78 is 10.6. The molecule has 1 heterocycles. The average molecular weight is 325 g/mol. The lowest BCUT2D eigenvalue weighted by Crippen LogP contribution is -2.20. The van der Waals surface area contributed by atoms with E-state index in [1.165, 1.54) is 51.4 Å². The second-order valence-corrected chi connectivity index (χ2v) is 6.38. The van der Waals surface area contributed by atoms with Gasteiger partial charge in [-0.2, -0.15) is 0 Å². The number of hydrogen-bond donors (Lipinski definition) is 1. The fourth-order valence-electron chi connectivity index (χ4n) is 3.25. The molecule has 23 heavy (non-hydrogen) atoms. The lowest BCUT2D eigenvalue weighted by molar-refractivity contribution is -0.137. The van der Waals surface area contributed by atoms with Gasteiger partial charge in [-0.25, -0.2) is 4.79 Å². The van der Waals surface area contributed by atoms with Gasteiger partial charge in [-0.05, 0) is 13.3 Å². The maximum atomic E-state index is 11.7. The van der Waals surface area contributed by atoms with Crippen LogP contribution in [0.2, 0.25) is 0 Å². The minimum atomic E-state index is -0.257. The van der Waals surface area contributed by atoms with Gasteiger partial charge in [0.25, 0.3) is 0 Å². The fraction of sp³-hybridized carbons (Fsp3) is 0.842. The molecule has 1 aliphatic rings. The van der Waals surface area contributed by atoms with Crippen molar-refractivity contribution in [2.75, 3.05) is 20.3 Å². The third-order valence-corrected chi connectivity index (χ3v) is 4.59. The van der Waals surface area contributed by atoms with Gasteiger partial charge in [0, 0.05) is 31.3 Å². The maximum absolute atomic E-state index is 11.7. The minimum absolute atomic E-state index is 0.167. The zero-order valence-corrected chi connectivity index (χ0v) is 15.2. The first-order valence-electron chi connectivity index (χ1n) is 9.37. The normalized spacial score (nSPS) is 22.3. The van der Waals surface area contributed by atoms with Crippen LogP contribution in [0, 0.1) is 5.92 Å². The van der Waals surface area contributed by atoms with Crippen molar-refractivity contribution in [3.05, 3.63) is 11.8 Å². The van der Waals surface area contributed by atoms with Crippen molar-refractivity contribution in [2.45, 2.75) is 77.7 Å². The van der Waals surface area contributed by atoms with Gasteiger partial charge >= 0.3 is 5.97 Å². The van der Waals surface area contributed by atoms with Gasteiger partial charge in [-0.3, -0.25) is 0 Å². The standard InChI is InChI=1S/C19H35NO3/c1-4-6-7-8-9-10-11-12-13-16-17(14-19(21)23-5-2)20-15-18(16)22-3/h14,16,18,20H,4-13,15H2,1-3H3/b17-14-/t16-,18-/m1/s1. The van der Waals surface area contributed by atoms with Gasteiger partial charge in [0.2, 0.25) is 0 Å². The first kappa shape index (κ1) is 20.0. The molecule has 0 aromatic carbocycles. The van der Waals surface area contributed by atoms with Crippen LogP contribution in [0.3, 0.4) is 0 Å². The molecule has 0 amide bonds. The molecular weight excluding hydrogens is 290 g/mol. The molecule has 4 nitrogen and oxygen atoms in total. The van der Waals surface area contributed by atoms with Crippen molar-refractivity contribution in [3.8, 4) is 0 Å². The monoisotopic (exact) mass is 325 g/mol. The quantitative estimate of drug-likeness (QED) is 0.332. The van der Waals surface area contributed by atoms with E-state index in [1.807, 2.05) is 6.92 Å². The Labute approximate surface area is 142 Å². The summed E-state index contributed by atoms with van der Waals surface area (Å²) in [6.45, 7) is 5.28. The molecular formula is C19H35NO3.